The summed E-state index contributed by atoms with van der Waals surface area (Å²) in [5.41, 5.74) is 1.80. The minimum absolute atomic E-state index is 0.0205. The number of nitrogens with zero attached hydrogens (tertiary/aromatic N) is 3. The first-order valence-corrected chi connectivity index (χ1v) is 13.0. The van der Waals surface area contributed by atoms with Gasteiger partial charge in [0.2, 0.25) is 11.9 Å². The predicted molar refractivity (Wildman–Crippen MR) is 148 cm³/mol. The maximum atomic E-state index is 13.9. The van der Waals surface area contributed by atoms with Crippen molar-refractivity contribution >= 4 is 34.7 Å². The Morgan fingerprint density at radius 3 is 2.75 bits per heavy atom. The van der Waals surface area contributed by atoms with E-state index < -0.39 is 17.2 Å². The van der Waals surface area contributed by atoms with Gasteiger partial charge in [0.15, 0.2) is 0 Å². The number of halogens is 3. The molecular weight excluding hydrogens is 523 g/mol. The van der Waals surface area contributed by atoms with Gasteiger partial charge in [0, 0.05) is 55.9 Å². The standard InChI is InChI=1S/C28H32F3N7O2/c1-16-15-38(11-10-32-16)18-8-9-20(22(12-18)40-4)36-26-34-14-19(28(29,30)31)24(37-26)33-13-17-6-5-7-21-23(17)27(2,3)25(39)35-21/h5-9,12,14,16,32H,10-11,13,15H2,1-4H3,(H,35,39)(H2,33,34,36,37)/t16-/m1/s1. The number of hydrogen-bond donors (Lipinski definition) is 4. The molecule has 5 rings (SSSR count). The molecule has 4 N–H and O–H groups in total. The lowest BCUT2D eigenvalue weighted by Gasteiger charge is -2.34. The van der Waals surface area contributed by atoms with E-state index in [-0.39, 0.29) is 24.2 Å². The van der Waals surface area contributed by atoms with E-state index >= 15 is 0 Å². The van der Waals surface area contributed by atoms with Crippen molar-refractivity contribution in [3.8, 4) is 5.75 Å². The van der Waals surface area contributed by atoms with Crippen LogP contribution in [0.1, 0.15) is 37.5 Å². The van der Waals surface area contributed by atoms with Crippen LogP contribution < -0.4 is 30.9 Å². The summed E-state index contributed by atoms with van der Waals surface area (Å²) in [6.45, 7) is 8.29. The zero-order valence-electron chi connectivity index (χ0n) is 22.7. The number of ether oxygens (including phenoxy) is 1. The van der Waals surface area contributed by atoms with Gasteiger partial charge in [-0.15, -0.1) is 0 Å². The lowest BCUT2D eigenvalue weighted by atomic mass is 9.83. The summed E-state index contributed by atoms with van der Waals surface area (Å²) in [6.07, 6.45) is -3.92. The Balaban J connectivity index is 1.41. The number of carbonyl (C=O) groups excluding carboxylic acids is 1. The van der Waals surface area contributed by atoms with E-state index in [1.807, 2.05) is 12.1 Å². The number of methoxy groups -OCH3 is 1. The SMILES string of the molecule is COc1cc(N2CCN[C@H](C)C2)ccc1Nc1ncc(C(F)(F)F)c(NCc2cccc3c2C(C)(C)C(=O)N3)n1. The molecular formula is C28H32F3N7O2. The second-order valence-electron chi connectivity index (χ2n) is 10.5. The zero-order valence-corrected chi connectivity index (χ0v) is 22.7. The van der Waals surface area contributed by atoms with E-state index in [2.05, 4.69) is 43.1 Å². The van der Waals surface area contributed by atoms with Gasteiger partial charge in [-0.1, -0.05) is 12.1 Å². The average molecular weight is 556 g/mol. The maximum Gasteiger partial charge on any atom is 0.421 e. The lowest BCUT2D eigenvalue weighted by molar-refractivity contribution is -0.137. The number of nitrogens with one attached hydrogen (secondary N) is 4. The summed E-state index contributed by atoms with van der Waals surface area (Å²) in [6, 6.07) is 11.3. The van der Waals surface area contributed by atoms with E-state index in [1.165, 1.54) is 7.11 Å². The van der Waals surface area contributed by atoms with Gasteiger partial charge in [0.25, 0.3) is 0 Å². The van der Waals surface area contributed by atoms with Crippen molar-refractivity contribution < 1.29 is 22.7 Å². The summed E-state index contributed by atoms with van der Waals surface area (Å²) < 4.78 is 47.2. The molecule has 3 aromatic rings. The molecule has 0 radical (unpaired) electrons. The van der Waals surface area contributed by atoms with Crippen LogP contribution in [0.25, 0.3) is 0 Å². The first kappa shape index (κ1) is 27.5. The minimum Gasteiger partial charge on any atom is -0.494 e. The fourth-order valence-electron chi connectivity index (χ4n) is 5.21. The molecule has 12 heteroatoms. The molecule has 2 aliphatic heterocycles. The highest BCUT2D eigenvalue weighted by atomic mass is 19.4. The maximum absolute atomic E-state index is 13.9. The van der Waals surface area contributed by atoms with Crippen LogP contribution in [0.15, 0.2) is 42.6 Å². The van der Waals surface area contributed by atoms with Crippen LogP contribution in [-0.4, -0.2) is 48.7 Å². The highest BCUT2D eigenvalue weighted by Crippen LogP contribution is 2.41. The van der Waals surface area contributed by atoms with Crippen molar-refractivity contribution in [2.24, 2.45) is 0 Å². The fraction of sp³-hybridized carbons (Fsp3) is 0.393. The Bertz CT molecular complexity index is 1430. The fourth-order valence-corrected chi connectivity index (χ4v) is 5.21. The number of alkyl halides is 3. The molecule has 1 atom stereocenters. The van der Waals surface area contributed by atoms with Gasteiger partial charge in [0.1, 0.15) is 17.1 Å². The highest BCUT2D eigenvalue weighted by Gasteiger charge is 2.40. The number of hydrogen-bond acceptors (Lipinski definition) is 8. The van der Waals surface area contributed by atoms with Crippen LogP contribution in [0.3, 0.4) is 0 Å². The monoisotopic (exact) mass is 555 g/mol. The van der Waals surface area contributed by atoms with Crippen molar-refractivity contribution in [3.05, 3.63) is 59.3 Å². The van der Waals surface area contributed by atoms with Crippen molar-refractivity contribution in [2.75, 3.05) is 47.6 Å². The molecule has 0 unspecified atom stereocenters. The number of amides is 1. The van der Waals surface area contributed by atoms with Crippen LogP contribution in [0, 0.1) is 0 Å². The topological polar surface area (TPSA) is 103 Å². The molecule has 3 heterocycles. The van der Waals surface area contributed by atoms with E-state index in [0.29, 0.717) is 28.7 Å². The Hall–Kier alpha value is -4.06. The number of piperazine rings is 1. The first-order chi connectivity index (χ1) is 19.0. The molecule has 1 amide bonds. The van der Waals surface area contributed by atoms with Gasteiger partial charge >= 0.3 is 6.18 Å². The molecule has 1 saturated heterocycles. The first-order valence-electron chi connectivity index (χ1n) is 13.0. The van der Waals surface area contributed by atoms with Crippen molar-refractivity contribution in [2.45, 2.75) is 44.9 Å². The number of aromatic nitrogens is 2. The van der Waals surface area contributed by atoms with Crippen LogP contribution in [0.4, 0.5) is 42.0 Å². The Morgan fingerprint density at radius 2 is 2.02 bits per heavy atom. The third kappa shape index (κ3) is 5.35. The lowest BCUT2D eigenvalue weighted by Crippen LogP contribution is -2.49. The number of fused-ring (bicyclic) bond motifs is 1. The van der Waals surface area contributed by atoms with Crippen molar-refractivity contribution in [1.82, 2.24) is 15.3 Å². The van der Waals surface area contributed by atoms with Gasteiger partial charge in [-0.05, 0) is 50.1 Å². The number of rotatable bonds is 7. The molecule has 2 aliphatic rings. The van der Waals surface area contributed by atoms with Gasteiger partial charge in [-0.3, -0.25) is 4.79 Å². The summed E-state index contributed by atoms with van der Waals surface area (Å²) in [4.78, 5) is 22.8. The van der Waals surface area contributed by atoms with E-state index in [9.17, 15) is 18.0 Å². The molecule has 0 spiro atoms. The van der Waals surface area contributed by atoms with Crippen LogP contribution in [0.5, 0.6) is 5.75 Å². The molecule has 2 aromatic carbocycles. The number of carbonyl (C=O) groups is 1. The third-order valence-corrected chi connectivity index (χ3v) is 7.30. The summed E-state index contributed by atoms with van der Waals surface area (Å²) >= 11 is 0. The second-order valence-corrected chi connectivity index (χ2v) is 10.5. The van der Waals surface area contributed by atoms with Crippen LogP contribution >= 0.6 is 0 Å². The minimum atomic E-state index is -4.67. The summed E-state index contributed by atoms with van der Waals surface area (Å²) in [5, 5.41) is 12.1. The smallest absolute Gasteiger partial charge is 0.421 e. The Kier molecular flexibility index (Phi) is 7.21. The molecule has 0 aliphatic carbocycles. The van der Waals surface area contributed by atoms with E-state index in [1.54, 1.807) is 38.1 Å². The van der Waals surface area contributed by atoms with Gasteiger partial charge in [0.05, 0.1) is 18.2 Å². The number of anilines is 5. The molecule has 1 aromatic heterocycles. The van der Waals surface area contributed by atoms with Gasteiger partial charge in [-0.2, -0.15) is 18.2 Å². The zero-order chi connectivity index (χ0) is 28.7. The molecule has 1 fully saturated rings. The largest absolute Gasteiger partial charge is 0.494 e. The summed E-state index contributed by atoms with van der Waals surface area (Å²) in [7, 11) is 1.53. The molecule has 9 nitrogen and oxygen atoms in total. The molecule has 0 saturated carbocycles. The number of benzene rings is 2. The Labute approximate surface area is 230 Å². The summed E-state index contributed by atoms with van der Waals surface area (Å²) in [5.74, 6) is -0.0392. The van der Waals surface area contributed by atoms with Crippen molar-refractivity contribution in [1.29, 1.82) is 0 Å². The van der Waals surface area contributed by atoms with Crippen LogP contribution in [-0.2, 0) is 22.9 Å². The molecule has 0 bridgehead atoms. The third-order valence-electron chi connectivity index (χ3n) is 7.30. The molecule has 40 heavy (non-hydrogen) atoms. The van der Waals surface area contributed by atoms with E-state index in [0.717, 1.165) is 37.1 Å². The highest BCUT2D eigenvalue weighted by molar-refractivity contribution is 6.06. The van der Waals surface area contributed by atoms with E-state index in [4.69, 9.17) is 4.74 Å². The average Bonchev–Trinajstić information content (AvgIpc) is 3.15. The van der Waals surface area contributed by atoms with Crippen LogP contribution in [0.2, 0.25) is 0 Å². The quantitative estimate of drug-likeness (QED) is 0.327. The molecule has 212 valence electrons. The second kappa shape index (κ2) is 10.5. The Morgan fingerprint density at radius 1 is 1.23 bits per heavy atom. The van der Waals surface area contributed by atoms with Gasteiger partial charge in [-0.25, -0.2) is 4.98 Å². The predicted octanol–water partition coefficient (Wildman–Crippen LogP) is 4.89. The normalized spacial score (nSPS) is 18.2. The van der Waals surface area contributed by atoms with Gasteiger partial charge < -0.3 is 30.9 Å². The van der Waals surface area contributed by atoms with Crippen molar-refractivity contribution in [3.63, 3.8) is 0 Å².